The smallest absolute Gasteiger partial charge is 0.351 e. The highest BCUT2D eigenvalue weighted by Crippen LogP contribution is 2.35. The standard InChI is InChI=1S/C11H12FN3O4/c1-2-11(5-16)7(17)3-8(19-11)15-4-6(12)9(13)14-10(15)18/h1,4,7-8,16-17H,3,5H2,(H2,13,14,18)/t7-,8+,11+/m1/s1. The van der Waals surface area contributed by atoms with E-state index in [2.05, 4.69) is 10.9 Å². The molecule has 0 saturated carbocycles. The summed E-state index contributed by atoms with van der Waals surface area (Å²) in [6.45, 7) is -0.624. The molecule has 0 aromatic carbocycles. The Labute approximate surface area is 107 Å². The summed E-state index contributed by atoms with van der Waals surface area (Å²) in [6.07, 6.45) is 3.76. The number of nitrogens with two attached hydrogens (primary N) is 1. The lowest BCUT2D eigenvalue weighted by molar-refractivity contribution is -0.0914. The van der Waals surface area contributed by atoms with Crippen molar-refractivity contribution in [2.45, 2.75) is 24.4 Å². The number of aliphatic hydroxyl groups excluding tert-OH is 2. The number of anilines is 1. The predicted molar refractivity (Wildman–Crippen MR) is 62.3 cm³/mol. The van der Waals surface area contributed by atoms with Crippen molar-refractivity contribution < 1.29 is 19.3 Å². The highest BCUT2D eigenvalue weighted by molar-refractivity contribution is 5.26. The van der Waals surface area contributed by atoms with Crippen LogP contribution in [-0.4, -0.2) is 38.1 Å². The van der Waals surface area contributed by atoms with Crippen LogP contribution in [0.15, 0.2) is 11.0 Å². The van der Waals surface area contributed by atoms with Gasteiger partial charge in [-0.05, 0) is 0 Å². The molecule has 8 heteroatoms. The molecule has 1 aliphatic heterocycles. The molecule has 0 radical (unpaired) electrons. The minimum absolute atomic E-state index is 0.0737. The molecule has 0 unspecified atom stereocenters. The van der Waals surface area contributed by atoms with Crippen LogP contribution in [0, 0.1) is 18.2 Å². The van der Waals surface area contributed by atoms with Gasteiger partial charge in [-0.3, -0.25) is 4.57 Å². The van der Waals surface area contributed by atoms with Crippen LogP contribution in [-0.2, 0) is 4.74 Å². The van der Waals surface area contributed by atoms with E-state index >= 15 is 0 Å². The summed E-state index contributed by atoms with van der Waals surface area (Å²) < 4.78 is 19.4. The highest BCUT2D eigenvalue weighted by atomic mass is 19.1. The molecule has 2 rings (SSSR count). The fourth-order valence-electron chi connectivity index (χ4n) is 1.90. The monoisotopic (exact) mass is 269 g/mol. The number of nitrogen functional groups attached to an aromatic ring is 1. The predicted octanol–water partition coefficient (Wildman–Crippen LogP) is -1.39. The number of hydrogen-bond donors (Lipinski definition) is 3. The Balaban J connectivity index is 2.39. The molecule has 0 spiro atoms. The van der Waals surface area contributed by atoms with Crippen LogP contribution in [0.3, 0.4) is 0 Å². The molecule has 4 N–H and O–H groups in total. The van der Waals surface area contributed by atoms with Crippen molar-refractivity contribution in [1.29, 1.82) is 0 Å². The molecule has 1 fully saturated rings. The minimum atomic E-state index is -1.61. The van der Waals surface area contributed by atoms with Crippen LogP contribution in [0.5, 0.6) is 0 Å². The van der Waals surface area contributed by atoms with Gasteiger partial charge in [0.1, 0.15) is 12.3 Å². The first-order chi connectivity index (χ1) is 8.93. The van der Waals surface area contributed by atoms with Crippen molar-refractivity contribution in [1.82, 2.24) is 9.55 Å². The molecule has 7 nitrogen and oxygen atoms in total. The van der Waals surface area contributed by atoms with Gasteiger partial charge in [0.15, 0.2) is 17.2 Å². The third kappa shape index (κ3) is 2.08. The number of aliphatic hydroxyl groups is 2. The van der Waals surface area contributed by atoms with E-state index in [0.717, 1.165) is 10.8 Å². The summed E-state index contributed by atoms with van der Waals surface area (Å²) in [7, 11) is 0. The Hall–Kier alpha value is -1.95. The zero-order valence-corrected chi connectivity index (χ0v) is 9.78. The van der Waals surface area contributed by atoms with Crippen molar-refractivity contribution >= 4 is 5.82 Å². The van der Waals surface area contributed by atoms with Crippen LogP contribution in [0.25, 0.3) is 0 Å². The molecule has 3 atom stereocenters. The Morgan fingerprint density at radius 2 is 2.47 bits per heavy atom. The lowest BCUT2D eigenvalue weighted by atomic mass is 9.99. The Morgan fingerprint density at radius 1 is 1.79 bits per heavy atom. The van der Waals surface area contributed by atoms with Gasteiger partial charge in [0.05, 0.1) is 12.8 Å². The van der Waals surface area contributed by atoms with Gasteiger partial charge in [0.2, 0.25) is 0 Å². The van der Waals surface area contributed by atoms with E-state index in [-0.39, 0.29) is 6.42 Å². The summed E-state index contributed by atoms with van der Waals surface area (Å²) in [4.78, 5) is 14.9. The molecule has 2 heterocycles. The van der Waals surface area contributed by atoms with E-state index in [9.17, 15) is 19.4 Å². The van der Waals surface area contributed by atoms with Gasteiger partial charge in [-0.15, -0.1) is 6.42 Å². The second kappa shape index (κ2) is 4.62. The van der Waals surface area contributed by atoms with Gasteiger partial charge in [-0.25, -0.2) is 9.18 Å². The van der Waals surface area contributed by atoms with E-state index in [1.807, 2.05) is 0 Å². The quantitative estimate of drug-likeness (QED) is 0.570. The lowest BCUT2D eigenvalue weighted by Crippen LogP contribution is -2.41. The number of rotatable bonds is 2. The van der Waals surface area contributed by atoms with Gasteiger partial charge in [0, 0.05) is 6.42 Å². The second-order valence-electron chi connectivity index (χ2n) is 4.18. The third-order valence-corrected chi connectivity index (χ3v) is 3.03. The molecule has 1 aromatic heterocycles. The molecule has 0 bridgehead atoms. The number of nitrogens with zero attached hydrogens (tertiary/aromatic N) is 2. The molecule has 1 saturated heterocycles. The molecular weight excluding hydrogens is 257 g/mol. The SMILES string of the molecule is C#C[C@@]1(CO)O[C@H](n2cc(F)c(N)nc2=O)C[C@H]1O. The maximum absolute atomic E-state index is 13.3. The second-order valence-corrected chi connectivity index (χ2v) is 4.18. The first kappa shape index (κ1) is 13.5. The van der Waals surface area contributed by atoms with E-state index in [0.29, 0.717) is 0 Å². The molecule has 19 heavy (non-hydrogen) atoms. The van der Waals surface area contributed by atoms with E-state index in [1.165, 1.54) is 0 Å². The van der Waals surface area contributed by atoms with Crippen LogP contribution < -0.4 is 11.4 Å². The van der Waals surface area contributed by atoms with Gasteiger partial charge in [-0.1, -0.05) is 5.92 Å². The molecular formula is C11H12FN3O4. The Kier molecular flexibility index (Phi) is 3.28. The molecule has 0 amide bonds. The van der Waals surface area contributed by atoms with E-state index in [4.69, 9.17) is 16.9 Å². The van der Waals surface area contributed by atoms with Gasteiger partial charge in [-0.2, -0.15) is 4.98 Å². The van der Waals surface area contributed by atoms with Crippen molar-refractivity contribution in [2.24, 2.45) is 0 Å². The van der Waals surface area contributed by atoms with Crippen LogP contribution in [0.2, 0.25) is 0 Å². The Morgan fingerprint density at radius 3 is 3.00 bits per heavy atom. The van der Waals surface area contributed by atoms with Gasteiger partial charge in [0.25, 0.3) is 0 Å². The number of aromatic nitrogens is 2. The van der Waals surface area contributed by atoms with Crippen LogP contribution in [0.1, 0.15) is 12.6 Å². The molecule has 1 aliphatic rings. The average molecular weight is 269 g/mol. The van der Waals surface area contributed by atoms with Crippen LogP contribution >= 0.6 is 0 Å². The van der Waals surface area contributed by atoms with Gasteiger partial charge < -0.3 is 20.7 Å². The molecule has 0 aliphatic carbocycles. The number of ether oxygens (including phenoxy) is 1. The first-order valence-electron chi connectivity index (χ1n) is 5.42. The summed E-state index contributed by atoms with van der Waals surface area (Å²) in [6, 6.07) is 0. The average Bonchev–Trinajstić information content (AvgIpc) is 2.71. The minimum Gasteiger partial charge on any atom is -0.392 e. The number of halogens is 1. The van der Waals surface area contributed by atoms with Crippen molar-refractivity contribution in [2.75, 3.05) is 12.3 Å². The summed E-state index contributed by atoms with van der Waals surface area (Å²) in [5, 5.41) is 19.0. The first-order valence-corrected chi connectivity index (χ1v) is 5.42. The van der Waals surface area contributed by atoms with E-state index < -0.39 is 41.9 Å². The van der Waals surface area contributed by atoms with Crippen LogP contribution in [0.4, 0.5) is 10.2 Å². The lowest BCUT2D eigenvalue weighted by Gasteiger charge is -2.23. The number of terminal acetylenes is 1. The summed E-state index contributed by atoms with van der Waals surface area (Å²) in [5.74, 6) is 0.734. The topological polar surface area (TPSA) is 111 Å². The normalized spacial score (nSPS) is 30.2. The summed E-state index contributed by atoms with van der Waals surface area (Å²) in [5.41, 5.74) is 2.72. The Bertz CT molecular complexity index is 597. The van der Waals surface area contributed by atoms with E-state index in [1.54, 1.807) is 0 Å². The largest absolute Gasteiger partial charge is 0.392 e. The zero-order chi connectivity index (χ0) is 14.2. The van der Waals surface area contributed by atoms with Crippen molar-refractivity contribution in [3.63, 3.8) is 0 Å². The fourth-order valence-corrected chi connectivity index (χ4v) is 1.90. The van der Waals surface area contributed by atoms with Gasteiger partial charge >= 0.3 is 5.69 Å². The van der Waals surface area contributed by atoms with Crippen molar-refractivity contribution in [3.8, 4) is 12.3 Å². The summed E-state index contributed by atoms with van der Waals surface area (Å²) >= 11 is 0. The molecule has 102 valence electrons. The molecule has 1 aromatic rings. The zero-order valence-electron chi connectivity index (χ0n) is 9.78. The number of hydrogen-bond acceptors (Lipinski definition) is 6. The maximum atomic E-state index is 13.3. The highest BCUT2D eigenvalue weighted by Gasteiger charge is 2.47. The van der Waals surface area contributed by atoms with Crippen molar-refractivity contribution in [3.05, 3.63) is 22.5 Å². The third-order valence-electron chi connectivity index (χ3n) is 3.03. The fraction of sp³-hybridized carbons (Fsp3) is 0.455. The maximum Gasteiger partial charge on any atom is 0.351 e.